The summed E-state index contributed by atoms with van der Waals surface area (Å²) < 4.78 is 35.7. The van der Waals surface area contributed by atoms with Crippen molar-refractivity contribution < 1.29 is 33.2 Å². The van der Waals surface area contributed by atoms with E-state index in [9.17, 15) is 4.79 Å². The maximum atomic E-state index is 13.0. The Morgan fingerprint density at radius 2 is 1.78 bits per heavy atom. The summed E-state index contributed by atoms with van der Waals surface area (Å²) in [7, 11) is 1.73. The van der Waals surface area contributed by atoms with Crippen molar-refractivity contribution in [3.63, 3.8) is 0 Å². The molecule has 49 heavy (non-hydrogen) atoms. The molecule has 0 radical (unpaired) electrons. The summed E-state index contributed by atoms with van der Waals surface area (Å²) in [5, 5.41) is 4.01. The number of ether oxygens (including phenoxy) is 6. The van der Waals surface area contributed by atoms with E-state index in [1.54, 1.807) is 13.2 Å². The summed E-state index contributed by atoms with van der Waals surface area (Å²) in [5.74, 6) is 1.63. The van der Waals surface area contributed by atoms with Crippen molar-refractivity contribution in [3.8, 4) is 17.2 Å². The summed E-state index contributed by atoms with van der Waals surface area (Å²) in [5.41, 5.74) is 9.30. The third kappa shape index (κ3) is 10.2. The van der Waals surface area contributed by atoms with Crippen LogP contribution in [-0.4, -0.2) is 83.9 Å². The fourth-order valence-corrected chi connectivity index (χ4v) is 6.28. The monoisotopic (exact) mass is 695 g/mol. The number of methoxy groups -OCH3 is 1. The number of hydrogen-bond acceptors (Lipinski definition) is 10. The molecule has 0 amide bonds. The summed E-state index contributed by atoms with van der Waals surface area (Å²) in [6.45, 7) is 9.41. The summed E-state index contributed by atoms with van der Waals surface area (Å²) in [6.07, 6.45) is 0.915. The predicted molar refractivity (Wildman–Crippen MR) is 191 cm³/mol. The number of hydrogen-bond donors (Lipinski definition) is 2. The van der Waals surface area contributed by atoms with Crippen molar-refractivity contribution in [1.29, 1.82) is 0 Å². The molecule has 3 N–H and O–H groups in total. The third-order valence-corrected chi connectivity index (χ3v) is 9.20. The molecule has 3 aromatic carbocycles. The molecule has 2 heterocycles. The quantitative estimate of drug-likeness (QED) is 0.137. The number of anilines is 1. The van der Waals surface area contributed by atoms with Gasteiger partial charge < -0.3 is 44.4 Å². The average molecular weight is 696 g/mol. The molecule has 1 saturated heterocycles. The van der Waals surface area contributed by atoms with Crippen LogP contribution in [0, 0.1) is 5.92 Å². The van der Waals surface area contributed by atoms with Gasteiger partial charge in [0.15, 0.2) is 0 Å². The molecule has 3 aromatic rings. The van der Waals surface area contributed by atoms with Gasteiger partial charge in [-0.15, -0.1) is 0 Å². The second-order valence-electron chi connectivity index (χ2n) is 12.8. The zero-order chi connectivity index (χ0) is 34.6. The number of piperidine rings is 1. The van der Waals surface area contributed by atoms with Gasteiger partial charge in [0.2, 0.25) is 0 Å². The van der Waals surface area contributed by atoms with E-state index in [1.807, 2.05) is 68.4 Å². The fraction of sp³-hybridized carbons (Fsp3) is 0.500. The van der Waals surface area contributed by atoms with Crippen LogP contribution in [0.3, 0.4) is 0 Å². The number of nitrogens with one attached hydrogen (secondary N) is 1. The van der Waals surface area contributed by atoms with E-state index < -0.39 is 18.1 Å². The highest BCUT2D eigenvalue weighted by atomic mass is 35.5. The van der Waals surface area contributed by atoms with Crippen LogP contribution in [0.5, 0.6) is 17.2 Å². The Bertz CT molecular complexity index is 1470. The van der Waals surface area contributed by atoms with Gasteiger partial charge in [-0.2, -0.15) is 0 Å². The number of carbonyl (C=O) groups excluding carboxylic acids is 1. The minimum Gasteiger partial charge on any atom is -0.493 e. The van der Waals surface area contributed by atoms with Crippen LogP contribution in [0.2, 0.25) is 5.02 Å². The van der Waals surface area contributed by atoms with E-state index in [4.69, 9.17) is 45.8 Å². The van der Waals surface area contributed by atoms with Gasteiger partial charge in [0, 0.05) is 45.7 Å². The van der Waals surface area contributed by atoms with Gasteiger partial charge in [-0.25, -0.2) is 0 Å². The Balaban J connectivity index is 1.25. The molecule has 0 aromatic heterocycles. The standard InChI is InChI=1S/C38H50ClN3O7/c1-26(2)37(40)38(43)49-35-24-41-23-34(48-25-27-10-15-33-31(22-27)42(17-21-47-33)16-6-18-44-3)36(35)28-11-13-29(14-12-28)45-19-7-20-46-32-9-5-4-8-30(32)39/h4-5,8-15,22,26,34-37,41H,6-7,16-21,23-25,40H2,1-3H3/t34-,35+,36?,37-/m0/s1. The number of nitrogens with zero attached hydrogens (tertiary/aromatic N) is 1. The van der Waals surface area contributed by atoms with Crippen molar-refractivity contribution in [2.45, 2.75) is 57.5 Å². The van der Waals surface area contributed by atoms with Gasteiger partial charge in [0.1, 0.15) is 36.0 Å². The van der Waals surface area contributed by atoms with Crippen molar-refractivity contribution >= 4 is 23.3 Å². The van der Waals surface area contributed by atoms with Gasteiger partial charge in [-0.1, -0.05) is 55.8 Å². The first-order valence-corrected chi connectivity index (χ1v) is 17.6. The Kier molecular flexibility index (Phi) is 13.8. The number of para-hydroxylation sites is 1. The molecule has 4 atom stereocenters. The lowest BCUT2D eigenvalue weighted by molar-refractivity contribution is -0.157. The van der Waals surface area contributed by atoms with E-state index in [-0.39, 0.29) is 17.9 Å². The van der Waals surface area contributed by atoms with Crippen molar-refractivity contribution in [1.82, 2.24) is 5.32 Å². The molecule has 0 aliphatic carbocycles. The fourth-order valence-electron chi connectivity index (χ4n) is 6.09. The second-order valence-corrected chi connectivity index (χ2v) is 13.2. The van der Waals surface area contributed by atoms with Crippen molar-refractivity contribution in [3.05, 3.63) is 82.9 Å². The SMILES string of the molecule is COCCCN1CCOc2ccc(CO[C@H]3CNC[C@@H](OC(=O)[C@@H](N)C(C)C)C3c3ccc(OCCCOc4ccccc4Cl)cc3)cc21. The van der Waals surface area contributed by atoms with Gasteiger partial charge in [-0.05, 0) is 59.9 Å². The van der Waals surface area contributed by atoms with Crippen LogP contribution in [0.4, 0.5) is 5.69 Å². The van der Waals surface area contributed by atoms with E-state index in [0.717, 1.165) is 47.8 Å². The van der Waals surface area contributed by atoms with Crippen molar-refractivity contribution in [2.24, 2.45) is 11.7 Å². The average Bonchev–Trinajstić information content (AvgIpc) is 3.11. The van der Waals surface area contributed by atoms with E-state index in [1.165, 1.54) is 0 Å². The number of esters is 1. The van der Waals surface area contributed by atoms with E-state index in [2.05, 4.69) is 16.3 Å². The molecule has 0 bridgehead atoms. The largest absolute Gasteiger partial charge is 0.493 e. The van der Waals surface area contributed by atoms with Crippen molar-refractivity contribution in [2.75, 3.05) is 64.6 Å². The topological polar surface area (TPSA) is 114 Å². The summed E-state index contributed by atoms with van der Waals surface area (Å²) in [6, 6.07) is 20.9. The summed E-state index contributed by atoms with van der Waals surface area (Å²) in [4.78, 5) is 15.4. The Morgan fingerprint density at radius 1 is 1.00 bits per heavy atom. The van der Waals surface area contributed by atoms with E-state index >= 15 is 0 Å². The molecule has 0 saturated carbocycles. The highest BCUT2D eigenvalue weighted by Crippen LogP contribution is 2.35. The van der Waals surface area contributed by atoms with Crippen LogP contribution >= 0.6 is 11.6 Å². The number of benzene rings is 3. The second kappa shape index (κ2) is 18.5. The molecule has 10 nitrogen and oxygen atoms in total. The Labute approximate surface area is 295 Å². The molecule has 1 fully saturated rings. The predicted octanol–water partition coefficient (Wildman–Crippen LogP) is 5.59. The van der Waals surface area contributed by atoms with Crippen LogP contribution in [0.15, 0.2) is 66.7 Å². The maximum Gasteiger partial charge on any atom is 0.323 e. The highest BCUT2D eigenvalue weighted by molar-refractivity contribution is 6.32. The highest BCUT2D eigenvalue weighted by Gasteiger charge is 2.39. The molecule has 0 spiro atoms. The van der Waals surface area contributed by atoms with Gasteiger partial charge in [-0.3, -0.25) is 4.79 Å². The lowest BCUT2D eigenvalue weighted by Gasteiger charge is -2.39. The lowest BCUT2D eigenvalue weighted by Crippen LogP contribution is -2.52. The van der Waals surface area contributed by atoms with Crippen LogP contribution in [0.25, 0.3) is 0 Å². The molecule has 266 valence electrons. The number of carbonyl (C=O) groups is 1. The van der Waals surface area contributed by atoms with Crippen LogP contribution in [0.1, 0.15) is 43.7 Å². The van der Waals surface area contributed by atoms with Gasteiger partial charge in [0.05, 0.1) is 43.2 Å². The zero-order valence-electron chi connectivity index (χ0n) is 28.8. The smallest absolute Gasteiger partial charge is 0.323 e. The zero-order valence-corrected chi connectivity index (χ0v) is 29.5. The molecule has 5 rings (SSSR count). The minimum atomic E-state index is -0.704. The van der Waals surface area contributed by atoms with Crippen LogP contribution < -0.4 is 30.2 Å². The number of rotatable bonds is 17. The van der Waals surface area contributed by atoms with Gasteiger partial charge >= 0.3 is 5.97 Å². The molecule has 1 unspecified atom stereocenters. The first kappa shape index (κ1) is 36.7. The lowest BCUT2D eigenvalue weighted by atomic mass is 9.85. The molecule has 11 heteroatoms. The van der Waals surface area contributed by atoms with Gasteiger partial charge in [0.25, 0.3) is 0 Å². The minimum absolute atomic E-state index is 0.0388. The number of nitrogens with two attached hydrogens (primary N) is 1. The number of fused-ring (bicyclic) bond motifs is 1. The summed E-state index contributed by atoms with van der Waals surface area (Å²) >= 11 is 6.18. The third-order valence-electron chi connectivity index (χ3n) is 8.89. The maximum absolute atomic E-state index is 13.0. The number of halogens is 1. The molecule has 2 aliphatic heterocycles. The van der Waals surface area contributed by atoms with E-state index in [0.29, 0.717) is 63.3 Å². The molecular weight excluding hydrogens is 646 g/mol. The molecular formula is C38H50ClN3O7. The normalized spacial score (nSPS) is 19.6. The van der Waals surface area contributed by atoms with Crippen LogP contribution in [-0.2, 0) is 25.6 Å². The first-order chi connectivity index (χ1) is 23.8. The Morgan fingerprint density at radius 3 is 2.55 bits per heavy atom. The first-order valence-electron chi connectivity index (χ1n) is 17.2. The Hall–Kier alpha value is -3.54. The molecule has 2 aliphatic rings.